The summed E-state index contributed by atoms with van der Waals surface area (Å²) in [5.41, 5.74) is 6.70. The van der Waals surface area contributed by atoms with Gasteiger partial charge in [0.15, 0.2) is 0 Å². The van der Waals surface area contributed by atoms with Crippen LogP contribution in [0.3, 0.4) is 0 Å². The van der Waals surface area contributed by atoms with E-state index < -0.39 is 29.7 Å². The molecule has 0 saturated carbocycles. The number of carbonyl (C=O) groups is 4. The Kier molecular flexibility index (Phi) is 10.9. The third-order valence-corrected chi connectivity index (χ3v) is 5.30. The Labute approximate surface area is 198 Å². The lowest BCUT2D eigenvalue weighted by molar-refractivity contribution is -0.136. The molecular formula is C22H30ClN3O7. The van der Waals surface area contributed by atoms with Gasteiger partial charge in [0.25, 0.3) is 11.8 Å². The van der Waals surface area contributed by atoms with Crippen LogP contribution in [0.4, 0.5) is 0 Å². The molecule has 3 N–H and O–H groups in total. The van der Waals surface area contributed by atoms with Crippen molar-refractivity contribution in [2.45, 2.75) is 31.7 Å². The van der Waals surface area contributed by atoms with E-state index in [2.05, 4.69) is 5.32 Å². The lowest BCUT2D eigenvalue weighted by Gasteiger charge is -2.27. The Bertz CT molecular complexity index is 864. The number of aryl methyl sites for hydroxylation is 1. The van der Waals surface area contributed by atoms with Crippen LogP contribution in [0, 0.1) is 0 Å². The monoisotopic (exact) mass is 483 g/mol. The van der Waals surface area contributed by atoms with Crippen molar-refractivity contribution in [2.24, 2.45) is 5.73 Å². The van der Waals surface area contributed by atoms with Crippen molar-refractivity contribution >= 4 is 36.0 Å². The molecule has 0 radical (unpaired) electrons. The lowest BCUT2D eigenvalue weighted by atomic mass is 9.99. The normalized spacial score (nSPS) is 17.7. The third-order valence-electron chi connectivity index (χ3n) is 5.30. The molecule has 1 saturated heterocycles. The summed E-state index contributed by atoms with van der Waals surface area (Å²) in [6.07, 6.45) is 1.45. The Hall–Kier alpha value is -2.37. The first-order valence-corrected chi connectivity index (χ1v) is 10.8. The fourth-order valence-corrected chi connectivity index (χ4v) is 3.78. The number of halogens is 1. The minimum absolute atomic E-state index is 0. The van der Waals surface area contributed by atoms with Gasteiger partial charge in [-0.15, -0.1) is 12.4 Å². The zero-order valence-corrected chi connectivity index (χ0v) is 19.2. The highest BCUT2D eigenvalue weighted by Gasteiger charge is 2.45. The minimum Gasteiger partial charge on any atom is -0.379 e. The van der Waals surface area contributed by atoms with Gasteiger partial charge < -0.3 is 19.9 Å². The molecule has 1 aromatic carbocycles. The number of nitrogens with two attached hydrogens (primary N) is 1. The highest BCUT2D eigenvalue weighted by atomic mass is 35.5. The summed E-state index contributed by atoms with van der Waals surface area (Å²) in [6, 6.07) is 4.17. The maximum Gasteiger partial charge on any atom is 0.262 e. The van der Waals surface area contributed by atoms with Crippen molar-refractivity contribution in [3.05, 3.63) is 34.9 Å². The first-order valence-electron chi connectivity index (χ1n) is 10.8. The fourth-order valence-electron chi connectivity index (χ4n) is 3.78. The van der Waals surface area contributed by atoms with Crippen molar-refractivity contribution in [1.29, 1.82) is 0 Å². The molecule has 1 aromatic rings. The SMILES string of the molecule is Cl.NCCOCCOCCOCCCc1cccc2c1C(=O)N(C1CCC(=O)NC1=O)C2=O. The number of amides is 4. The van der Waals surface area contributed by atoms with Crippen molar-refractivity contribution in [3.63, 3.8) is 0 Å². The fraction of sp³-hybridized carbons (Fsp3) is 0.545. The Morgan fingerprint density at radius 2 is 1.61 bits per heavy atom. The van der Waals surface area contributed by atoms with Gasteiger partial charge in [0.05, 0.1) is 44.2 Å². The number of nitrogens with one attached hydrogen (secondary N) is 1. The number of imide groups is 2. The average Bonchev–Trinajstić information content (AvgIpc) is 3.03. The van der Waals surface area contributed by atoms with Crippen LogP contribution in [-0.2, 0) is 30.2 Å². The highest BCUT2D eigenvalue weighted by Crippen LogP contribution is 2.30. The van der Waals surface area contributed by atoms with Gasteiger partial charge in [-0.2, -0.15) is 0 Å². The molecule has 0 spiro atoms. The summed E-state index contributed by atoms with van der Waals surface area (Å²) < 4.78 is 16.1. The molecule has 4 amide bonds. The number of hydrogen-bond donors (Lipinski definition) is 2. The van der Waals surface area contributed by atoms with E-state index in [1.165, 1.54) is 0 Å². The van der Waals surface area contributed by atoms with E-state index in [9.17, 15) is 19.2 Å². The number of rotatable bonds is 13. The zero-order chi connectivity index (χ0) is 22.9. The predicted molar refractivity (Wildman–Crippen MR) is 120 cm³/mol. The number of piperidine rings is 1. The summed E-state index contributed by atoms with van der Waals surface area (Å²) in [6.45, 7) is 3.38. The molecule has 2 aliphatic rings. The van der Waals surface area contributed by atoms with Crippen LogP contribution in [0.15, 0.2) is 18.2 Å². The molecule has 0 aromatic heterocycles. The second-order valence-electron chi connectivity index (χ2n) is 7.52. The molecule has 0 aliphatic carbocycles. The topological polar surface area (TPSA) is 137 Å². The largest absolute Gasteiger partial charge is 0.379 e. The van der Waals surface area contributed by atoms with E-state index in [1.54, 1.807) is 12.1 Å². The average molecular weight is 484 g/mol. The summed E-state index contributed by atoms with van der Waals surface area (Å²) in [7, 11) is 0. The molecule has 3 rings (SSSR count). The second-order valence-corrected chi connectivity index (χ2v) is 7.52. The van der Waals surface area contributed by atoms with Gasteiger partial charge in [-0.05, 0) is 30.9 Å². The van der Waals surface area contributed by atoms with Gasteiger partial charge in [-0.25, -0.2) is 0 Å². The van der Waals surface area contributed by atoms with E-state index in [-0.39, 0.29) is 25.2 Å². The van der Waals surface area contributed by atoms with Crippen molar-refractivity contribution in [3.8, 4) is 0 Å². The van der Waals surface area contributed by atoms with Gasteiger partial charge in [-0.3, -0.25) is 29.4 Å². The molecule has 33 heavy (non-hydrogen) atoms. The maximum atomic E-state index is 13.0. The second kappa shape index (κ2) is 13.4. The predicted octanol–water partition coefficient (Wildman–Crippen LogP) is 0.451. The highest BCUT2D eigenvalue weighted by molar-refractivity contribution is 6.24. The molecule has 182 valence electrons. The van der Waals surface area contributed by atoms with E-state index in [0.717, 1.165) is 10.5 Å². The van der Waals surface area contributed by atoms with Gasteiger partial charge in [0, 0.05) is 19.6 Å². The third kappa shape index (κ3) is 6.81. The molecule has 2 aliphatic heterocycles. The molecule has 10 nitrogen and oxygen atoms in total. The van der Waals surface area contributed by atoms with Gasteiger partial charge in [0.1, 0.15) is 6.04 Å². The lowest BCUT2D eigenvalue weighted by Crippen LogP contribution is -2.54. The number of nitrogens with zero attached hydrogens (tertiary/aromatic N) is 1. The molecule has 0 bridgehead atoms. The van der Waals surface area contributed by atoms with E-state index >= 15 is 0 Å². The van der Waals surface area contributed by atoms with E-state index in [4.69, 9.17) is 19.9 Å². The number of benzene rings is 1. The molecule has 1 fully saturated rings. The van der Waals surface area contributed by atoms with Gasteiger partial charge >= 0.3 is 0 Å². The summed E-state index contributed by atoms with van der Waals surface area (Å²) in [5, 5.41) is 2.20. The van der Waals surface area contributed by atoms with E-state index in [0.29, 0.717) is 70.2 Å². The summed E-state index contributed by atoms with van der Waals surface area (Å²) >= 11 is 0. The quantitative estimate of drug-likeness (QED) is 0.305. The summed E-state index contributed by atoms with van der Waals surface area (Å²) in [5.74, 6) is -1.99. The molecular weight excluding hydrogens is 454 g/mol. The maximum absolute atomic E-state index is 13.0. The molecule has 11 heteroatoms. The van der Waals surface area contributed by atoms with Crippen LogP contribution in [-0.4, -0.2) is 80.8 Å². The van der Waals surface area contributed by atoms with Crippen LogP contribution >= 0.6 is 12.4 Å². The first kappa shape index (κ1) is 26.9. The molecule has 1 atom stereocenters. The van der Waals surface area contributed by atoms with Crippen LogP contribution in [0.1, 0.15) is 45.5 Å². The van der Waals surface area contributed by atoms with Gasteiger partial charge in [-0.1, -0.05) is 12.1 Å². The molecule has 2 heterocycles. The smallest absolute Gasteiger partial charge is 0.262 e. The van der Waals surface area contributed by atoms with Crippen molar-refractivity contribution in [1.82, 2.24) is 10.2 Å². The van der Waals surface area contributed by atoms with Crippen LogP contribution in [0.25, 0.3) is 0 Å². The van der Waals surface area contributed by atoms with Crippen molar-refractivity contribution in [2.75, 3.05) is 46.2 Å². The number of ether oxygens (including phenoxy) is 3. The first-order chi connectivity index (χ1) is 15.5. The number of carbonyl (C=O) groups excluding carboxylic acids is 4. The standard InChI is InChI=1S/C22H29N3O7.ClH/c23-8-10-31-12-14-32-13-11-30-9-2-4-15-3-1-5-16-19(15)22(29)25(21(16)28)17-6-7-18(26)24-20(17)27;/h1,3,5,17H,2,4,6-14,23H2,(H,24,26,27);1H. The molecule has 1 unspecified atom stereocenters. The number of fused-ring (bicyclic) bond motifs is 1. The minimum atomic E-state index is -0.961. The Morgan fingerprint density at radius 3 is 2.27 bits per heavy atom. The Balaban J connectivity index is 0.00000385. The van der Waals surface area contributed by atoms with E-state index in [1.807, 2.05) is 6.07 Å². The zero-order valence-electron chi connectivity index (χ0n) is 18.4. The van der Waals surface area contributed by atoms with Gasteiger partial charge in [0.2, 0.25) is 11.8 Å². The summed E-state index contributed by atoms with van der Waals surface area (Å²) in [4.78, 5) is 50.4. The van der Waals surface area contributed by atoms with Crippen LogP contribution < -0.4 is 11.1 Å². The number of hydrogen-bond acceptors (Lipinski definition) is 8. The van der Waals surface area contributed by atoms with Crippen LogP contribution in [0.5, 0.6) is 0 Å². The van der Waals surface area contributed by atoms with Crippen LogP contribution in [0.2, 0.25) is 0 Å². The van der Waals surface area contributed by atoms with Crippen molar-refractivity contribution < 1.29 is 33.4 Å². The Morgan fingerprint density at radius 1 is 0.939 bits per heavy atom.